The van der Waals surface area contributed by atoms with Crippen LogP contribution in [0.25, 0.3) is 11.4 Å². The molecule has 1 saturated carbocycles. The molecule has 1 N–H and O–H groups in total. The average molecular weight is 347 g/mol. The van der Waals surface area contributed by atoms with Gasteiger partial charge in [-0.2, -0.15) is 0 Å². The fourth-order valence-corrected chi connectivity index (χ4v) is 3.07. The first-order chi connectivity index (χ1) is 12.7. The SMILES string of the molecule is CC(CC(=O)Nc1cccc(-c2nnnn2C2CC2)c1)c1ccccc1. The van der Waals surface area contributed by atoms with Crippen molar-refractivity contribution in [3.8, 4) is 11.4 Å². The van der Waals surface area contributed by atoms with Crippen molar-refractivity contribution in [2.24, 2.45) is 0 Å². The van der Waals surface area contributed by atoms with Gasteiger partial charge in [0.05, 0.1) is 6.04 Å². The highest BCUT2D eigenvalue weighted by atomic mass is 16.1. The van der Waals surface area contributed by atoms with Gasteiger partial charge in [-0.3, -0.25) is 4.79 Å². The predicted molar refractivity (Wildman–Crippen MR) is 99.6 cm³/mol. The number of carbonyl (C=O) groups excluding carboxylic acids is 1. The number of tetrazole rings is 1. The van der Waals surface area contributed by atoms with Gasteiger partial charge in [-0.05, 0) is 46.9 Å². The molecule has 1 aliphatic carbocycles. The lowest BCUT2D eigenvalue weighted by atomic mass is 9.97. The summed E-state index contributed by atoms with van der Waals surface area (Å²) in [6.45, 7) is 2.06. The molecule has 3 aromatic rings. The van der Waals surface area contributed by atoms with E-state index in [0.717, 1.165) is 29.9 Å². The molecule has 0 spiro atoms. The second-order valence-corrected chi connectivity index (χ2v) is 6.82. The maximum absolute atomic E-state index is 12.4. The fraction of sp³-hybridized carbons (Fsp3) is 0.300. The summed E-state index contributed by atoms with van der Waals surface area (Å²) in [5.74, 6) is 0.920. The fourth-order valence-electron chi connectivity index (χ4n) is 3.07. The van der Waals surface area contributed by atoms with Crippen molar-refractivity contribution in [1.82, 2.24) is 20.2 Å². The van der Waals surface area contributed by atoms with Crippen LogP contribution in [-0.2, 0) is 4.79 Å². The summed E-state index contributed by atoms with van der Waals surface area (Å²) >= 11 is 0. The van der Waals surface area contributed by atoms with E-state index in [9.17, 15) is 4.79 Å². The van der Waals surface area contributed by atoms with Crippen molar-refractivity contribution in [2.75, 3.05) is 5.32 Å². The summed E-state index contributed by atoms with van der Waals surface area (Å²) in [5, 5.41) is 15.0. The lowest BCUT2D eigenvalue weighted by Gasteiger charge is -2.12. The standard InChI is InChI=1S/C20H21N5O/c1-14(15-6-3-2-4-7-15)12-19(26)21-17-9-5-8-16(13-17)20-22-23-24-25(20)18-10-11-18/h2-9,13-14,18H,10-12H2,1H3,(H,21,26). The van der Waals surface area contributed by atoms with Crippen LogP contribution in [0.5, 0.6) is 0 Å². The molecule has 132 valence electrons. The zero-order valence-corrected chi connectivity index (χ0v) is 14.7. The Labute approximate surface area is 152 Å². The summed E-state index contributed by atoms with van der Waals surface area (Å²) in [6.07, 6.45) is 2.67. The average Bonchev–Trinajstić information content (AvgIpc) is 3.39. The molecular formula is C20H21N5O. The van der Waals surface area contributed by atoms with Crippen LogP contribution in [0.2, 0.25) is 0 Å². The van der Waals surface area contributed by atoms with Crippen molar-refractivity contribution in [3.63, 3.8) is 0 Å². The number of anilines is 1. The summed E-state index contributed by atoms with van der Waals surface area (Å²) in [6, 6.07) is 18.2. The highest BCUT2D eigenvalue weighted by Crippen LogP contribution is 2.36. The first kappa shape index (κ1) is 16.4. The molecule has 0 radical (unpaired) electrons. The van der Waals surface area contributed by atoms with Crippen molar-refractivity contribution < 1.29 is 4.79 Å². The smallest absolute Gasteiger partial charge is 0.224 e. The van der Waals surface area contributed by atoms with Gasteiger partial charge in [-0.1, -0.05) is 49.4 Å². The first-order valence-corrected chi connectivity index (χ1v) is 8.94. The van der Waals surface area contributed by atoms with E-state index in [1.807, 2.05) is 47.1 Å². The van der Waals surface area contributed by atoms with Crippen LogP contribution >= 0.6 is 0 Å². The molecule has 2 aromatic carbocycles. The summed E-state index contributed by atoms with van der Waals surface area (Å²) < 4.78 is 1.87. The van der Waals surface area contributed by atoms with Crippen LogP contribution in [0.1, 0.15) is 43.7 Å². The summed E-state index contributed by atoms with van der Waals surface area (Å²) in [7, 11) is 0. The predicted octanol–water partition coefficient (Wildman–Crippen LogP) is 3.81. The van der Waals surface area contributed by atoms with Gasteiger partial charge in [0.2, 0.25) is 5.91 Å². The molecule has 1 aromatic heterocycles. The van der Waals surface area contributed by atoms with Crippen LogP contribution in [0.3, 0.4) is 0 Å². The zero-order valence-electron chi connectivity index (χ0n) is 14.7. The highest BCUT2D eigenvalue weighted by molar-refractivity contribution is 5.91. The van der Waals surface area contributed by atoms with E-state index >= 15 is 0 Å². The van der Waals surface area contributed by atoms with Gasteiger partial charge in [0.15, 0.2) is 5.82 Å². The second kappa shape index (κ2) is 7.07. The van der Waals surface area contributed by atoms with Crippen LogP contribution in [0.4, 0.5) is 5.69 Å². The minimum Gasteiger partial charge on any atom is -0.326 e. The number of carbonyl (C=O) groups is 1. The molecule has 1 fully saturated rings. The lowest BCUT2D eigenvalue weighted by Crippen LogP contribution is -2.14. The van der Waals surface area contributed by atoms with Crippen molar-refractivity contribution >= 4 is 11.6 Å². The third kappa shape index (κ3) is 3.64. The minimum absolute atomic E-state index is 0.000266. The monoisotopic (exact) mass is 347 g/mol. The third-order valence-electron chi connectivity index (χ3n) is 4.65. The van der Waals surface area contributed by atoms with Crippen LogP contribution in [-0.4, -0.2) is 26.1 Å². The Bertz CT molecular complexity index is 901. The number of nitrogens with one attached hydrogen (secondary N) is 1. The summed E-state index contributed by atoms with van der Waals surface area (Å²) in [4.78, 5) is 12.4. The lowest BCUT2D eigenvalue weighted by molar-refractivity contribution is -0.116. The minimum atomic E-state index is 0.000266. The van der Waals surface area contributed by atoms with E-state index in [1.54, 1.807) is 0 Å². The van der Waals surface area contributed by atoms with Crippen molar-refractivity contribution in [1.29, 1.82) is 0 Å². The molecule has 1 heterocycles. The van der Waals surface area contributed by atoms with Crippen molar-refractivity contribution in [3.05, 3.63) is 60.2 Å². The van der Waals surface area contributed by atoms with Crippen LogP contribution in [0.15, 0.2) is 54.6 Å². The highest BCUT2D eigenvalue weighted by Gasteiger charge is 2.28. The number of nitrogens with zero attached hydrogens (tertiary/aromatic N) is 4. The number of rotatable bonds is 6. The number of amides is 1. The number of aromatic nitrogens is 4. The van der Waals surface area contributed by atoms with Gasteiger partial charge in [-0.15, -0.1) is 5.10 Å². The van der Waals surface area contributed by atoms with Crippen molar-refractivity contribution in [2.45, 2.75) is 38.1 Å². The number of hydrogen-bond acceptors (Lipinski definition) is 4. The largest absolute Gasteiger partial charge is 0.326 e. The number of hydrogen-bond donors (Lipinski definition) is 1. The molecule has 6 nitrogen and oxygen atoms in total. The third-order valence-corrected chi connectivity index (χ3v) is 4.65. The van der Waals surface area contributed by atoms with E-state index in [2.05, 4.69) is 39.9 Å². The van der Waals surface area contributed by atoms with Crippen LogP contribution in [0, 0.1) is 0 Å². The molecule has 0 aliphatic heterocycles. The van der Waals surface area contributed by atoms with Gasteiger partial charge < -0.3 is 5.32 Å². The van der Waals surface area contributed by atoms with E-state index < -0.39 is 0 Å². The molecule has 1 aliphatic rings. The maximum Gasteiger partial charge on any atom is 0.224 e. The Morgan fingerprint density at radius 3 is 2.77 bits per heavy atom. The molecule has 26 heavy (non-hydrogen) atoms. The van der Waals surface area contributed by atoms with Gasteiger partial charge >= 0.3 is 0 Å². The maximum atomic E-state index is 12.4. The Morgan fingerprint density at radius 1 is 1.19 bits per heavy atom. The van der Waals surface area contributed by atoms with E-state index in [0.29, 0.717) is 12.5 Å². The molecule has 6 heteroatoms. The molecule has 1 amide bonds. The topological polar surface area (TPSA) is 72.7 Å². The van der Waals surface area contributed by atoms with Gasteiger partial charge in [-0.25, -0.2) is 4.68 Å². The van der Waals surface area contributed by atoms with Gasteiger partial charge in [0, 0.05) is 17.7 Å². The molecule has 4 rings (SSSR count). The quantitative estimate of drug-likeness (QED) is 0.736. The van der Waals surface area contributed by atoms with Gasteiger partial charge in [0.1, 0.15) is 0 Å². The van der Waals surface area contributed by atoms with Crippen LogP contribution < -0.4 is 5.32 Å². The molecule has 0 saturated heterocycles. The van der Waals surface area contributed by atoms with E-state index in [-0.39, 0.29) is 11.8 Å². The Kier molecular flexibility index (Phi) is 4.48. The van der Waals surface area contributed by atoms with E-state index in [1.165, 1.54) is 5.56 Å². The molecular weight excluding hydrogens is 326 g/mol. The molecule has 0 bridgehead atoms. The second-order valence-electron chi connectivity index (χ2n) is 6.82. The first-order valence-electron chi connectivity index (χ1n) is 8.94. The Balaban J connectivity index is 1.45. The normalized spacial score (nSPS) is 14.8. The Morgan fingerprint density at radius 2 is 2.00 bits per heavy atom. The molecule has 1 unspecified atom stereocenters. The van der Waals surface area contributed by atoms with E-state index in [4.69, 9.17) is 0 Å². The Hall–Kier alpha value is -3.02. The summed E-state index contributed by atoms with van der Waals surface area (Å²) in [5.41, 5.74) is 2.84. The number of benzene rings is 2. The van der Waals surface area contributed by atoms with Gasteiger partial charge in [0.25, 0.3) is 0 Å². The zero-order chi connectivity index (χ0) is 17.9. The molecule has 1 atom stereocenters.